The lowest BCUT2D eigenvalue weighted by Crippen LogP contribution is -2.38. The highest BCUT2D eigenvalue weighted by Gasteiger charge is 2.15. The standard InChI is InChI=1S/C14H24N2O4S/c1-12(16(2)3)11-15-21(18,19)14-7-5-13(6-8-14)20-10-4-9-17/h5-8,12,15,17H,4,9-11H2,1-3H3. The second-order valence-corrected chi connectivity index (χ2v) is 6.83. The van der Waals surface area contributed by atoms with E-state index in [4.69, 9.17) is 9.84 Å². The summed E-state index contributed by atoms with van der Waals surface area (Å²) in [7, 11) is 0.298. The number of nitrogens with one attached hydrogen (secondary N) is 1. The van der Waals surface area contributed by atoms with Gasteiger partial charge in [-0.15, -0.1) is 0 Å². The summed E-state index contributed by atoms with van der Waals surface area (Å²) in [6.45, 7) is 2.77. The zero-order valence-electron chi connectivity index (χ0n) is 12.7. The zero-order valence-corrected chi connectivity index (χ0v) is 13.6. The molecule has 2 N–H and O–H groups in total. The maximum Gasteiger partial charge on any atom is 0.240 e. The van der Waals surface area contributed by atoms with Gasteiger partial charge in [0.05, 0.1) is 11.5 Å². The van der Waals surface area contributed by atoms with E-state index in [1.165, 1.54) is 12.1 Å². The summed E-state index contributed by atoms with van der Waals surface area (Å²) in [6, 6.07) is 6.36. The van der Waals surface area contributed by atoms with E-state index in [-0.39, 0.29) is 17.5 Å². The summed E-state index contributed by atoms with van der Waals surface area (Å²) in [4.78, 5) is 2.16. The van der Waals surface area contributed by atoms with Crippen LogP contribution in [-0.2, 0) is 10.0 Å². The molecule has 0 radical (unpaired) electrons. The van der Waals surface area contributed by atoms with Gasteiger partial charge < -0.3 is 14.7 Å². The van der Waals surface area contributed by atoms with Crippen LogP contribution in [0.15, 0.2) is 29.2 Å². The largest absolute Gasteiger partial charge is 0.494 e. The molecule has 1 unspecified atom stereocenters. The minimum Gasteiger partial charge on any atom is -0.494 e. The molecule has 1 aromatic carbocycles. The molecule has 0 saturated heterocycles. The third kappa shape index (κ3) is 6.01. The molecule has 120 valence electrons. The highest BCUT2D eigenvalue weighted by atomic mass is 32.2. The predicted molar refractivity (Wildman–Crippen MR) is 82.0 cm³/mol. The Morgan fingerprint density at radius 3 is 2.43 bits per heavy atom. The number of ether oxygens (including phenoxy) is 1. The first kappa shape index (κ1) is 17.9. The van der Waals surface area contributed by atoms with Crippen LogP contribution in [0.2, 0.25) is 0 Å². The lowest BCUT2D eigenvalue weighted by molar-refractivity contribution is 0.233. The average molecular weight is 316 g/mol. The average Bonchev–Trinajstić information content (AvgIpc) is 2.45. The second-order valence-electron chi connectivity index (χ2n) is 5.06. The molecule has 0 aliphatic carbocycles. The van der Waals surface area contributed by atoms with Gasteiger partial charge in [-0.05, 0) is 45.3 Å². The normalized spacial score (nSPS) is 13.4. The lowest BCUT2D eigenvalue weighted by atomic mass is 10.3. The van der Waals surface area contributed by atoms with Crippen LogP contribution in [0.25, 0.3) is 0 Å². The molecule has 1 rings (SSSR count). The van der Waals surface area contributed by atoms with E-state index in [1.807, 2.05) is 25.9 Å². The van der Waals surface area contributed by atoms with Crippen molar-refractivity contribution in [2.24, 2.45) is 0 Å². The van der Waals surface area contributed by atoms with Crippen LogP contribution in [0, 0.1) is 0 Å². The smallest absolute Gasteiger partial charge is 0.240 e. The summed E-state index contributed by atoms with van der Waals surface area (Å²) in [5.74, 6) is 0.587. The summed E-state index contributed by atoms with van der Waals surface area (Å²) in [6.07, 6.45) is 0.546. The molecule has 7 heteroatoms. The molecular formula is C14H24N2O4S. The highest BCUT2D eigenvalue weighted by molar-refractivity contribution is 7.89. The van der Waals surface area contributed by atoms with Gasteiger partial charge in [0, 0.05) is 25.6 Å². The third-order valence-electron chi connectivity index (χ3n) is 3.16. The van der Waals surface area contributed by atoms with Crippen molar-refractivity contribution in [1.82, 2.24) is 9.62 Å². The first-order chi connectivity index (χ1) is 9.86. The van der Waals surface area contributed by atoms with Gasteiger partial charge in [0.1, 0.15) is 5.75 Å². The minimum atomic E-state index is -3.50. The van der Waals surface area contributed by atoms with Crippen molar-refractivity contribution in [3.05, 3.63) is 24.3 Å². The fourth-order valence-electron chi connectivity index (χ4n) is 1.47. The molecule has 0 heterocycles. The van der Waals surface area contributed by atoms with E-state index < -0.39 is 10.0 Å². The van der Waals surface area contributed by atoms with Gasteiger partial charge in [0.25, 0.3) is 0 Å². The van der Waals surface area contributed by atoms with Crippen LogP contribution in [0.5, 0.6) is 5.75 Å². The lowest BCUT2D eigenvalue weighted by Gasteiger charge is -2.20. The molecule has 0 fully saturated rings. The SMILES string of the molecule is CC(CNS(=O)(=O)c1ccc(OCCCO)cc1)N(C)C. The third-order valence-corrected chi connectivity index (χ3v) is 4.59. The molecule has 0 aliphatic rings. The Bertz CT molecular complexity index is 514. The monoisotopic (exact) mass is 316 g/mol. The van der Waals surface area contributed by atoms with Gasteiger partial charge in [-0.2, -0.15) is 0 Å². The van der Waals surface area contributed by atoms with Crippen molar-refractivity contribution in [3.63, 3.8) is 0 Å². The molecule has 1 atom stereocenters. The quantitative estimate of drug-likeness (QED) is 0.655. The van der Waals surface area contributed by atoms with Gasteiger partial charge in [-0.1, -0.05) is 0 Å². The number of benzene rings is 1. The van der Waals surface area contributed by atoms with Gasteiger partial charge >= 0.3 is 0 Å². The Morgan fingerprint density at radius 1 is 1.29 bits per heavy atom. The van der Waals surface area contributed by atoms with Crippen LogP contribution < -0.4 is 9.46 Å². The predicted octanol–water partition coefficient (Wildman–Crippen LogP) is 0.676. The molecule has 0 bridgehead atoms. The molecule has 6 nitrogen and oxygen atoms in total. The Kier molecular flexibility index (Phi) is 7.10. The van der Waals surface area contributed by atoms with E-state index in [9.17, 15) is 8.42 Å². The number of likely N-dealkylation sites (N-methyl/N-ethyl adjacent to an activating group) is 1. The summed E-state index contributed by atoms with van der Waals surface area (Å²) >= 11 is 0. The fraction of sp³-hybridized carbons (Fsp3) is 0.571. The first-order valence-electron chi connectivity index (χ1n) is 6.86. The number of hydrogen-bond acceptors (Lipinski definition) is 5. The summed E-state index contributed by atoms with van der Waals surface area (Å²) in [5, 5.41) is 8.67. The Labute approximate surface area is 126 Å². The molecule has 1 aromatic rings. The zero-order chi connectivity index (χ0) is 15.9. The minimum absolute atomic E-state index is 0.0699. The number of nitrogens with zero attached hydrogens (tertiary/aromatic N) is 1. The molecule has 0 aromatic heterocycles. The van der Waals surface area contributed by atoms with E-state index in [2.05, 4.69) is 4.72 Å². The maximum absolute atomic E-state index is 12.1. The molecule has 0 aliphatic heterocycles. The maximum atomic E-state index is 12.1. The van der Waals surface area contributed by atoms with E-state index in [1.54, 1.807) is 12.1 Å². The number of aliphatic hydroxyl groups excluding tert-OH is 1. The van der Waals surface area contributed by atoms with E-state index >= 15 is 0 Å². The van der Waals surface area contributed by atoms with E-state index in [0.717, 1.165) is 0 Å². The molecule has 0 saturated carbocycles. The van der Waals surface area contributed by atoms with Gasteiger partial charge in [0.2, 0.25) is 10.0 Å². The van der Waals surface area contributed by atoms with Crippen molar-refractivity contribution in [3.8, 4) is 5.75 Å². The molecule has 0 amide bonds. The first-order valence-corrected chi connectivity index (χ1v) is 8.35. The highest BCUT2D eigenvalue weighted by Crippen LogP contribution is 2.16. The number of sulfonamides is 1. The number of aliphatic hydroxyl groups is 1. The Morgan fingerprint density at radius 2 is 1.90 bits per heavy atom. The van der Waals surface area contributed by atoms with Gasteiger partial charge in [0.15, 0.2) is 0 Å². The van der Waals surface area contributed by atoms with Crippen molar-refractivity contribution in [1.29, 1.82) is 0 Å². The van der Waals surface area contributed by atoms with Crippen molar-refractivity contribution >= 4 is 10.0 Å². The topological polar surface area (TPSA) is 78.9 Å². The molecular weight excluding hydrogens is 292 g/mol. The second kappa shape index (κ2) is 8.33. The van der Waals surface area contributed by atoms with Crippen LogP contribution in [0.4, 0.5) is 0 Å². The summed E-state index contributed by atoms with van der Waals surface area (Å²) in [5.41, 5.74) is 0. The van der Waals surface area contributed by atoms with Gasteiger partial charge in [-0.25, -0.2) is 13.1 Å². The Balaban J connectivity index is 2.62. The van der Waals surface area contributed by atoms with Gasteiger partial charge in [-0.3, -0.25) is 0 Å². The van der Waals surface area contributed by atoms with Crippen molar-refractivity contribution in [2.45, 2.75) is 24.3 Å². The fourth-order valence-corrected chi connectivity index (χ4v) is 2.59. The number of rotatable bonds is 9. The molecule has 0 spiro atoms. The van der Waals surface area contributed by atoms with Crippen molar-refractivity contribution < 1.29 is 18.3 Å². The van der Waals surface area contributed by atoms with Crippen molar-refractivity contribution in [2.75, 3.05) is 33.9 Å². The number of hydrogen-bond donors (Lipinski definition) is 2. The van der Waals surface area contributed by atoms with Crippen LogP contribution in [0.3, 0.4) is 0 Å². The Hall–Kier alpha value is -1.15. The summed E-state index contributed by atoms with van der Waals surface area (Å²) < 4.78 is 32.2. The molecule has 21 heavy (non-hydrogen) atoms. The van der Waals surface area contributed by atoms with E-state index in [0.29, 0.717) is 25.3 Å². The van der Waals surface area contributed by atoms with Crippen LogP contribution in [0.1, 0.15) is 13.3 Å². The van der Waals surface area contributed by atoms with Crippen LogP contribution >= 0.6 is 0 Å². The van der Waals surface area contributed by atoms with Crippen LogP contribution in [-0.4, -0.2) is 58.3 Å².